The standard InChI is InChI=1S/C16H15FN2O2/c1-18-16(10-2-5-12(17)6-3-10)11-4-7-14-13(8-11)19-15(20)9-21-14/h2-8,16,18H,9H2,1H3,(H,19,20). The first-order chi connectivity index (χ1) is 10.2. The molecule has 5 heteroatoms. The van der Waals surface area contributed by atoms with E-state index in [1.54, 1.807) is 12.1 Å². The zero-order valence-electron chi connectivity index (χ0n) is 11.5. The summed E-state index contributed by atoms with van der Waals surface area (Å²) in [5, 5.41) is 5.98. The Bertz CT molecular complexity index is 670. The molecule has 0 aliphatic carbocycles. The van der Waals surface area contributed by atoms with E-state index in [9.17, 15) is 9.18 Å². The summed E-state index contributed by atoms with van der Waals surface area (Å²) in [6, 6.07) is 11.9. The Morgan fingerprint density at radius 1 is 1.19 bits per heavy atom. The molecular weight excluding hydrogens is 271 g/mol. The zero-order chi connectivity index (χ0) is 14.8. The summed E-state index contributed by atoms with van der Waals surface area (Å²) in [5.41, 5.74) is 2.57. The van der Waals surface area contributed by atoms with Gasteiger partial charge in [-0.3, -0.25) is 4.79 Å². The molecule has 2 aromatic carbocycles. The highest BCUT2D eigenvalue weighted by Gasteiger charge is 2.19. The topological polar surface area (TPSA) is 50.4 Å². The fourth-order valence-corrected chi connectivity index (χ4v) is 2.46. The summed E-state index contributed by atoms with van der Waals surface area (Å²) in [6.45, 7) is 0.0414. The molecule has 0 fully saturated rings. The molecule has 4 nitrogen and oxygen atoms in total. The Morgan fingerprint density at radius 2 is 1.90 bits per heavy atom. The smallest absolute Gasteiger partial charge is 0.262 e. The number of hydrogen-bond donors (Lipinski definition) is 2. The number of halogens is 1. The van der Waals surface area contributed by atoms with Crippen LogP contribution in [0.4, 0.5) is 10.1 Å². The summed E-state index contributed by atoms with van der Waals surface area (Å²) < 4.78 is 18.4. The van der Waals surface area contributed by atoms with Gasteiger partial charge in [-0.15, -0.1) is 0 Å². The molecule has 108 valence electrons. The van der Waals surface area contributed by atoms with Gasteiger partial charge in [0.25, 0.3) is 5.91 Å². The third-order valence-electron chi connectivity index (χ3n) is 3.46. The van der Waals surface area contributed by atoms with E-state index in [0.717, 1.165) is 11.1 Å². The highest BCUT2D eigenvalue weighted by Crippen LogP contribution is 2.32. The van der Waals surface area contributed by atoms with Crippen molar-refractivity contribution in [3.8, 4) is 5.75 Å². The summed E-state index contributed by atoms with van der Waals surface area (Å²) in [6.07, 6.45) is 0. The van der Waals surface area contributed by atoms with Crippen molar-refractivity contribution >= 4 is 11.6 Å². The molecule has 1 unspecified atom stereocenters. The monoisotopic (exact) mass is 286 g/mol. The molecule has 1 atom stereocenters. The average Bonchev–Trinajstić information content (AvgIpc) is 2.49. The summed E-state index contributed by atoms with van der Waals surface area (Å²) >= 11 is 0. The number of carbonyl (C=O) groups is 1. The van der Waals surface area contributed by atoms with Crippen LogP contribution < -0.4 is 15.4 Å². The van der Waals surface area contributed by atoms with Crippen LogP contribution in [0.15, 0.2) is 42.5 Å². The molecule has 1 amide bonds. The van der Waals surface area contributed by atoms with Crippen LogP contribution in [0.1, 0.15) is 17.2 Å². The molecule has 2 N–H and O–H groups in total. The van der Waals surface area contributed by atoms with Gasteiger partial charge in [-0.05, 0) is 42.4 Å². The molecule has 1 aliphatic rings. The molecule has 0 spiro atoms. The molecule has 0 saturated heterocycles. The molecule has 21 heavy (non-hydrogen) atoms. The second kappa shape index (κ2) is 5.54. The molecule has 2 aromatic rings. The lowest BCUT2D eigenvalue weighted by molar-refractivity contribution is -0.118. The molecule has 0 saturated carbocycles. The van der Waals surface area contributed by atoms with E-state index in [1.807, 2.05) is 25.2 Å². The number of anilines is 1. The predicted octanol–water partition coefficient (Wildman–Crippen LogP) is 2.47. The second-order valence-corrected chi connectivity index (χ2v) is 4.87. The fourth-order valence-electron chi connectivity index (χ4n) is 2.46. The van der Waals surface area contributed by atoms with Gasteiger partial charge in [0.15, 0.2) is 6.61 Å². The summed E-state index contributed by atoms with van der Waals surface area (Å²) in [5.74, 6) is 0.231. The SMILES string of the molecule is CNC(c1ccc(F)cc1)c1ccc2c(c1)NC(=O)CO2. The lowest BCUT2D eigenvalue weighted by Crippen LogP contribution is -2.26. The minimum atomic E-state index is -0.264. The second-order valence-electron chi connectivity index (χ2n) is 4.87. The quantitative estimate of drug-likeness (QED) is 0.911. The Kier molecular flexibility index (Phi) is 3.58. The third-order valence-corrected chi connectivity index (χ3v) is 3.46. The minimum absolute atomic E-state index is 0.0414. The van der Waals surface area contributed by atoms with Gasteiger partial charge in [-0.25, -0.2) is 4.39 Å². The molecule has 3 rings (SSSR count). The van der Waals surface area contributed by atoms with Crippen LogP contribution in [0.3, 0.4) is 0 Å². The molecule has 1 heterocycles. The third kappa shape index (κ3) is 2.73. The Hall–Kier alpha value is -2.40. The van der Waals surface area contributed by atoms with Crippen molar-refractivity contribution in [3.63, 3.8) is 0 Å². The number of fused-ring (bicyclic) bond motifs is 1. The van der Waals surface area contributed by atoms with Crippen LogP contribution in [0.25, 0.3) is 0 Å². The first-order valence-electron chi connectivity index (χ1n) is 6.66. The normalized spacial score (nSPS) is 14.9. The molecule has 0 aromatic heterocycles. The van der Waals surface area contributed by atoms with Crippen molar-refractivity contribution in [1.82, 2.24) is 5.32 Å². The lowest BCUT2D eigenvalue weighted by Gasteiger charge is -2.22. The first kappa shape index (κ1) is 13.6. The van der Waals surface area contributed by atoms with Gasteiger partial charge in [-0.1, -0.05) is 18.2 Å². The van der Waals surface area contributed by atoms with E-state index in [0.29, 0.717) is 11.4 Å². The van der Waals surface area contributed by atoms with E-state index < -0.39 is 0 Å². The first-order valence-corrected chi connectivity index (χ1v) is 6.66. The van der Waals surface area contributed by atoms with E-state index in [2.05, 4.69) is 10.6 Å². The minimum Gasteiger partial charge on any atom is -0.482 e. The van der Waals surface area contributed by atoms with Crippen LogP contribution in [-0.2, 0) is 4.79 Å². The number of carbonyl (C=O) groups excluding carboxylic acids is 1. The molecule has 0 bridgehead atoms. The number of rotatable bonds is 3. The fraction of sp³-hybridized carbons (Fsp3) is 0.188. The Balaban J connectivity index is 1.96. The van der Waals surface area contributed by atoms with E-state index in [1.165, 1.54) is 12.1 Å². The summed E-state index contributed by atoms with van der Waals surface area (Å²) in [7, 11) is 1.84. The molecular formula is C16H15FN2O2. The zero-order valence-corrected chi connectivity index (χ0v) is 11.5. The van der Waals surface area contributed by atoms with Gasteiger partial charge in [0.2, 0.25) is 0 Å². The van der Waals surface area contributed by atoms with E-state index in [4.69, 9.17) is 4.74 Å². The highest BCUT2D eigenvalue weighted by molar-refractivity contribution is 5.95. The molecule has 0 radical (unpaired) electrons. The van der Waals surface area contributed by atoms with Gasteiger partial charge in [0.05, 0.1) is 11.7 Å². The number of hydrogen-bond acceptors (Lipinski definition) is 3. The van der Waals surface area contributed by atoms with Crippen LogP contribution in [-0.4, -0.2) is 19.6 Å². The van der Waals surface area contributed by atoms with Gasteiger partial charge in [0.1, 0.15) is 11.6 Å². The van der Waals surface area contributed by atoms with E-state index in [-0.39, 0.29) is 24.4 Å². The van der Waals surface area contributed by atoms with Crippen molar-refractivity contribution in [2.75, 3.05) is 19.0 Å². The maximum absolute atomic E-state index is 13.0. The van der Waals surface area contributed by atoms with Crippen LogP contribution in [0, 0.1) is 5.82 Å². The number of amides is 1. The van der Waals surface area contributed by atoms with Crippen molar-refractivity contribution in [3.05, 3.63) is 59.4 Å². The number of nitrogens with one attached hydrogen (secondary N) is 2. The number of ether oxygens (including phenoxy) is 1. The van der Waals surface area contributed by atoms with Crippen molar-refractivity contribution < 1.29 is 13.9 Å². The van der Waals surface area contributed by atoms with Gasteiger partial charge in [-0.2, -0.15) is 0 Å². The highest BCUT2D eigenvalue weighted by atomic mass is 19.1. The van der Waals surface area contributed by atoms with Crippen LogP contribution >= 0.6 is 0 Å². The van der Waals surface area contributed by atoms with Gasteiger partial charge in [0, 0.05) is 0 Å². The van der Waals surface area contributed by atoms with Gasteiger partial charge >= 0.3 is 0 Å². The van der Waals surface area contributed by atoms with Crippen LogP contribution in [0.2, 0.25) is 0 Å². The maximum atomic E-state index is 13.0. The Labute approximate surface area is 121 Å². The van der Waals surface area contributed by atoms with E-state index >= 15 is 0 Å². The largest absolute Gasteiger partial charge is 0.482 e. The molecule has 1 aliphatic heterocycles. The number of benzene rings is 2. The Morgan fingerprint density at radius 3 is 2.62 bits per heavy atom. The van der Waals surface area contributed by atoms with Crippen molar-refractivity contribution in [2.45, 2.75) is 6.04 Å². The van der Waals surface area contributed by atoms with Crippen molar-refractivity contribution in [1.29, 1.82) is 0 Å². The van der Waals surface area contributed by atoms with Crippen molar-refractivity contribution in [2.24, 2.45) is 0 Å². The lowest BCUT2D eigenvalue weighted by atomic mass is 9.98. The average molecular weight is 286 g/mol. The predicted molar refractivity (Wildman–Crippen MR) is 77.9 cm³/mol. The van der Waals surface area contributed by atoms with Gasteiger partial charge < -0.3 is 15.4 Å². The summed E-state index contributed by atoms with van der Waals surface area (Å²) in [4.78, 5) is 11.4. The van der Waals surface area contributed by atoms with Crippen LogP contribution in [0.5, 0.6) is 5.75 Å². The maximum Gasteiger partial charge on any atom is 0.262 e.